The van der Waals surface area contributed by atoms with E-state index in [0.29, 0.717) is 26.1 Å². The number of nitrogens with zero attached hydrogens (tertiary/aromatic N) is 2. The minimum Gasteiger partial charge on any atom is -0.351 e. The normalized spacial score (nSPS) is 11.0. The smallest absolute Gasteiger partial charge is 0.266 e. The van der Waals surface area contributed by atoms with Crippen LogP contribution in [0, 0.1) is 6.92 Å². The van der Waals surface area contributed by atoms with Gasteiger partial charge in [0.25, 0.3) is 5.56 Å². The zero-order valence-electron chi connectivity index (χ0n) is 17.1. The van der Waals surface area contributed by atoms with Gasteiger partial charge in [-0.25, -0.2) is 4.98 Å². The fraction of sp³-hybridized carbons (Fsp3) is 0.125. The second kappa shape index (κ2) is 9.77. The first kappa shape index (κ1) is 22.4. The van der Waals surface area contributed by atoms with Crippen LogP contribution in [0.25, 0.3) is 16.6 Å². The van der Waals surface area contributed by atoms with Gasteiger partial charge in [-0.05, 0) is 48.4 Å². The zero-order valence-corrected chi connectivity index (χ0v) is 19.5. The lowest BCUT2D eigenvalue weighted by Crippen LogP contribution is -2.26. The molecule has 1 N–H and O–H groups in total. The predicted octanol–water partition coefficient (Wildman–Crippen LogP) is 5.41. The summed E-state index contributed by atoms with van der Waals surface area (Å²) in [5.74, 6) is -0.0956. The van der Waals surface area contributed by atoms with Gasteiger partial charge in [0.1, 0.15) is 0 Å². The molecule has 0 saturated heterocycles. The number of amides is 1. The van der Waals surface area contributed by atoms with Crippen molar-refractivity contribution in [1.82, 2.24) is 14.9 Å². The number of hydrogen-bond acceptors (Lipinski definition) is 4. The molecule has 0 aliphatic heterocycles. The summed E-state index contributed by atoms with van der Waals surface area (Å²) in [6, 6.07) is 20.0. The van der Waals surface area contributed by atoms with Crippen molar-refractivity contribution in [2.75, 3.05) is 5.75 Å². The Balaban J connectivity index is 1.59. The molecule has 4 rings (SSSR count). The van der Waals surface area contributed by atoms with Crippen molar-refractivity contribution in [3.63, 3.8) is 0 Å². The molecule has 4 aromatic rings. The molecule has 0 saturated carbocycles. The topological polar surface area (TPSA) is 64.0 Å². The standard InChI is InChI=1S/C24H19Cl2N3O2S/c1-15-6-2-5-9-21(15)29-23(31)18-7-3-4-8-20(18)28-24(29)32-14-22(30)27-13-16-10-11-17(25)12-19(16)26/h2-12H,13-14H2,1H3,(H,27,30). The van der Waals surface area contributed by atoms with Crippen LogP contribution in [0.1, 0.15) is 11.1 Å². The number of thioether (sulfide) groups is 1. The summed E-state index contributed by atoms with van der Waals surface area (Å²) >= 11 is 13.3. The van der Waals surface area contributed by atoms with Crippen LogP contribution in [0.2, 0.25) is 10.0 Å². The van der Waals surface area contributed by atoms with Gasteiger partial charge in [0.2, 0.25) is 5.91 Å². The molecule has 0 bridgehead atoms. The lowest BCUT2D eigenvalue weighted by Gasteiger charge is -2.15. The Labute approximate surface area is 199 Å². The molecule has 3 aromatic carbocycles. The number of carbonyl (C=O) groups is 1. The van der Waals surface area contributed by atoms with E-state index in [1.807, 2.05) is 43.3 Å². The third-order valence-electron chi connectivity index (χ3n) is 4.92. The van der Waals surface area contributed by atoms with Gasteiger partial charge in [-0.3, -0.25) is 14.2 Å². The van der Waals surface area contributed by atoms with Gasteiger partial charge >= 0.3 is 0 Å². The van der Waals surface area contributed by atoms with Gasteiger partial charge < -0.3 is 5.32 Å². The summed E-state index contributed by atoms with van der Waals surface area (Å²) in [6.45, 7) is 2.22. The number of hydrogen-bond donors (Lipinski definition) is 1. The van der Waals surface area contributed by atoms with Crippen molar-refractivity contribution in [3.8, 4) is 5.69 Å². The van der Waals surface area contributed by atoms with Gasteiger partial charge in [-0.15, -0.1) is 0 Å². The summed E-state index contributed by atoms with van der Waals surface area (Å²) in [5, 5.41) is 4.87. The van der Waals surface area contributed by atoms with Crippen molar-refractivity contribution < 1.29 is 4.79 Å². The van der Waals surface area contributed by atoms with Crippen molar-refractivity contribution in [1.29, 1.82) is 0 Å². The summed E-state index contributed by atoms with van der Waals surface area (Å²) in [7, 11) is 0. The lowest BCUT2D eigenvalue weighted by atomic mass is 10.2. The highest BCUT2D eigenvalue weighted by molar-refractivity contribution is 7.99. The number of aromatic nitrogens is 2. The molecule has 0 aliphatic rings. The molecule has 1 amide bonds. The quantitative estimate of drug-likeness (QED) is 0.294. The average Bonchev–Trinajstić information content (AvgIpc) is 2.78. The number of fused-ring (bicyclic) bond motifs is 1. The Morgan fingerprint density at radius 1 is 1.06 bits per heavy atom. The third kappa shape index (κ3) is 4.83. The third-order valence-corrected chi connectivity index (χ3v) is 6.45. The van der Waals surface area contributed by atoms with E-state index in [1.165, 1.54) is 11.8 Å². The molecule has 1 heterocycles. The van der Waals surface area contributed by atoms with Crippen molar-refractivity contribution in [2.24, 2.45) is 0 Å². The van der Waals surface area contributed by atoms with Gasteiger partial charge in [0.05, 0.1) is 22.3 Å². The Kier molecular flexibility index (Phi) is 6.84. The number of benzene rings is 3. The molecular formula is C24H19Cl2N3O2S. The SMILES string of the molecule is Cc1ccccc1-n1c(SCC(=O)NCc2ccc(Cl)cc2Cl)nc2ccccc2c1=O. The van der Waals surface area contributed by atoms with Crippen molar-refractivity contribution >= 4 is 51.8 Å². The highest BCUT2D eigenvalue weighted by Gasteiger charge is 2.16. The lowest BCUT2D eigenvalue weighted by molar-refractivity contribution is -0.118. The molecule has 0 atom stereocenters. The van der Waals surface area contributed by atoms with E-state index in [9.17, 15) is 9.59 Å². The van der Waals surface area contributed by atoms with Gasteiger partial charge in [0, 0.05) is 16.6 Å². The van der Waals surface area contributed by atoms with Crippen LogP contribution < -0.4 is 10.9 Å². The van der Waals surface area contributed by atoms with Crippen LogP contribution in [0.4, 0.5) is 0 Å². The molecule has 0 unspecified atom stereocenters. The number of halogens is 2. The number of carbonyl (C=O) groups excluding carboxylic acids is 1. The molecule has 5 nitrogen and oxygen atoms in total. The minimum atomic E-state index is -0.195. The zero-order chi connectivity index (χ0) is 22.7. The number of para-hydroxylation sites is 2. The van der Waals surface area contributed by atoms with Crippen LogP contribution in [0.15, 0.2) is 76.7 Å². The van der Waals surface area contributed by atoms with Crippen LogP contribution in [-0.2, 0) is 11.3 Å². The Bertz CT molecular complexity index is 1370. The van der Waals surface area contributed by atoms with Gasteiger partial charge in [-0.1, -0.05) is 71.4 Å². The predicted molar refractivity (Wildman–Crippen MR) is 131 cm³/mol. The summed E-state index contributed by atoms with van der Waals surface area (Å²) in [4.78, 5) is 30.5. The Hall–Kier alpha value is -2.80. The second-order valence-electron chi connectivity index (χ2n) is 7.14. The van der Waals surface area contributed by atoms with Gasteiger partial charge in [-0.2, -0.15) is 0 Å². The Morgan fingerprint density at radius 3 is 2.59 bits per heavy atom. The first-order valence-corrected chi connectivity index (χ1v) is 11.6. The fourth-order valence-electron chi connectivity index (χ4n) is 3.28. The largest absolute Gasteiger partial charge is 0.351 e. The monoisotopic (exact) mass is 483 g/mol. The second-order valence-corrected chi connectivity index (χ2v) is 8.93. The molecule has 32 heavy (non-hydrogen) atoms. The number of rotatable bonds is 6. The van der Waals surface area contributed by atoms with E-state index in [0.717, 1.165) is 16.8 Å². The van der Waals surface area contributed by atoms with E-state index in [4.69, 9.17) is 23.2 Å². The molecule has 0 radical (unpaired) electrons. The van der Waals surface area contributed by atoms with E-state index in [1.54, 1.807) is 34.9 Å². The summed E-state index contributed by atoms with van der Waals surface area (Å²) in [5.41, 5.74) is 2.89. The van der Waals surface area contributed by atoms with Gasteiger partial charge in [0.15, 0.2) is 5.16 Å². The summed E-state index contributed by atoms with van der Waals surface area (Å²) < 4.78 is 1.58. The van der Waals surface area contributed by atoms with Crippen LogP contribution in [0.3, 0.4) is 0 Å². The van der Waals surface area contributed by atoms with E-state index >= 15 is 0 Å². The molecule has 8 heteroatoms. The molecule has 162 valence electrons. The average molecular weight is 484 g/mol. The minimum absolute atomic E-state index is 0.0991. The number of aryl methyl sites for hydroxylation is 1. The van der Waals surface area contributed by atoms with Crippen LogP contribution in [-0.4, -0.2) is 21.2 Å². The van der Waals surface area contributed by atoms with Crippen LogP contribution >= 0.6 is 35.0 Å². The maximum Gasteiger partial charge on any atom is 0.266 e. The summed E-state index contributed by atoms with van der Waals surface area (Å²) in [6.07, 6.45) is 0. The highest BCUT2D eigenvalue weighted by atomic mass is 35.5. The van der Waals surface area contributed by atoms with E-state index in [2.05, 4.69) is 10.3 Å². The Morgan fingerprint density at radius 2 is 1.81 bits per heavy atom. The van der Waals surface area contributed by atoms with Crippen molar-refractivity contribution in [3.05, 3.63) is 98.3 Å². The van der Waals surface area contributed by atoms with E-state index in [-0.39, 0.29) is 23.8 Å². The first-order valence-electron chi connectivity index (χ1n) is 9.85. The van der Waals surface area contributed by atoms with Crippen molar-refractivity contribution in [2.45, 2.75) is 18.6 Å². The highest BCUT2D eigenvalue weighted by Crippen LogP contribution is 2.24. The molecular weight excluding hydrogens is 465 g/mol. The fourth-order valence-corrected chi connectivity index (χ4v) is 4.59. The van der Waals surface area contributed by atoms with Crippen LogP contribution in [0.5, 0.6) is 0 Å². The maximum absolute atomic E-state index is 13.3. The first-order chi connectivity index (χ1) is 15.4. The molecule has 0 spiro atoms. The molecule has 0 aliphatic carbocycles. The molecule has 0 fully saturated rings. The molecule has 1 aromatic heterocycles. The number of nitrogens with one attached hydrogen (secondary N) is 1. The van der Waals surface area contributed by atoms with E-state index < -0.39 is 0 Å². The maximum atomic E-state index is 13.3.